The maximum Gasteiger partial charge on any atom is 0.172 e. The standard InChI is InChI=1S/C15H17N3O3/c1-20-11-6-7-14(21-2)13(8-11)18-15(10-4-3-5-10)12(9-19)16-17-18/h6-10H,3-5H2,1-2H3. The lowest BCUT2D eigenvalue weighted by Crippen LogP contribution is -2.16. The van der Waals surface area contributed by atoms with Crippen LogP contribution in [0.3, 0.4) is 0 Å². The maximum absolute atomic E-state index is 11.2. The zero-order chi connectivity index (χ0) is 14.8. The van der Waals surface area contributed by atoms with Crippen molar-refractivity contribution in [2.75, 3.05) is 14.2 Å². The Morgan fingerprint density at radius 2 is 2.10 bits per heavy atom. The van der Waals surface area contributed by atoms with E-state index in [2.05, 4.69) is 10.3 Å². The van der Waals surface area contributed by atoms with Gasteiger partial charge in [-0.25, -0.2) is 4.68 Å². The van der Waals surface area contributed by atoms with Crippen molar-refractivity contribution in [2.45, 2.75) is 25.2 Å². The van der Waals surface area contributed by atoms with Gasteiger partial charge < -0.3 is 9.47 Å². The number of aldehydes is 1. The molecule has 110 valence electrons. The van der Waals surface area contributed by atoms with E-state index in [0.29, 0.717) is 23.1 Å². The molecule has 0 unspecified atom stereocenters. The molecule has 3 rings (SSSR count). The second kappa shape index (κ2) is 5.55. The molecule has 1 aliphatic carbocycles. The average Bonchev–Trinajstić information content (AvgIpc) is 2.88. The maximum atomic E-state index is 11.2. The lowest BCUT2D eigenvalue weighted by Gasteiger charge is -2.26. The second-order valence-corrected chi connectivity index (χ2v) is 5.06. The summed E-state index contributed by atoms with van der Waals surface area (Å²) in [5.41, 5.74) is 2.01. The van der Waals surface area contributed by atoms with Crippen LogP contribution in [-0.4, -0.2) is 35.5 Å². The van der Waals surface area contributed by atoms with E-state index < -0.39 is 0 Å². The largest absolute Gasteiger partial charge is 0.497 e. The van der Waals surface area contributed by atoms with Crippen LogP contribution in [0.25, 0.3) is 5.69 Å². The number of carbonyl (C=O) groups is 1. The molecule has 1 heterocycles. The van der Waals surface area contributed by atoms with Gasteiger partial charge in [0.15, 0.2) is 6.29 Å². The Balaban J connectivity index is 2.15. The van der Waals surface area contributed by atoms with Crippen LogP contribution in [-0.2, 0) is 0 Å². The Labute approximate surface area is 122 Å². The molecule has 0 spiro atoms. The first-order chi connectivity index (χ1) is 10.3. The van der Waals surface area contributed by atoms with Crippen molar-refractivity contribution >= 4 is 6.29 Å². The van der Waals surface area contributed by atoms with Gasteiger partial charge in [0.2, 0.25) is 0 Å². The zero-order valence-corrected chi connectivity index (χ0v) is 12.1. The number of methoxy groups -OCH3 is 2. The fraction of sp³-hybridized carbons (Fsp3) is 0.400. The molecule has 2 aromatic rings. The lowest BCUT2D eigenvalue weighted by atomic mass is 9.82. The highest BCUT2D eigenvalue weighted by molar-refractivity contribution is 5.74. The quantitative estimate of drug-likeness (QED) is 0.790. The molecule has 1 aromatic heterocycles. The van der Waals surface area contributed by atoms with Crippen molar-refractivity contribution in [3.8, 4) is 17.2 Å². The normalized spacial score (nSPS) is 14.6. The Bertz CT molecular complexity index is 662. The van der Waals surface area contributed by atoms with Gasteiger partial charge in [-0.05, 0) is 25.0 Å². The van der Waals surface area contributed by atoms with Gasteiger partial charge in [-0.2, -0.15) is 0 Å². The Kier molecular flexibility index (Phi) is 3.60. The number of hydrogen-bond acceptors (Lipinski definition) is 5. The van der Waals surface area contributed by atoms with Gasteiger partial charge in [0.25, 0.3) is 0 Å². The van der Waals surface area contributed by atoms with Gasteiger partial charge in [-0.15, -0.1) is 5.10 Å². The summed E-state index contributed by atoms with van der Waals surface area (Å²) in [6.07, 6.45) is 4.05. The third-order valence-corrected chi connectivity index (χ3v) is 3.95. The first-order valence-electron chi connectivity index (χ1n) is 6.91. The first kappa shape index (κ1) is 13.6. The van der Waals surface area contributed by atoms with Gasteiger partial charge in [0.1, 0.15) is 22.9 Å². The Hall–Kier alpha value is -2.37. The van der Waals surface area contributed by atoms with Gasteiger partial charge in [0.05, 0.1) is 19.9 Å². The summed E-state index contributed by atoms with van der Waals surface area (Å²) in [6.45, 7) is 0. The second-order valence-electron chi connectivity index (χ2n) is 5.06. The molecular weight excluding hydrogens is 270 g/mol. The molecule has 0 radical (unpaired) electrons. The zero-order valence-electron chi connectivity index (χ0n) is 12.1. The average molecular weight is 287 g/mol. The van der Waals surface area contributed by atoms with Crippen molar-refractivity contribution < 1.29 is 14.3 Å². The van der Waals surface area contributed by atoms with Crippen LogP contribution in [0, 0.1) is 0 Å². The topological polar surface area (TPSA) is 66.2 Å². The van der Waals surface area contributed by atoms with E-state index in [-0.39, 0.29) is 0 Å². The Morgan fingerprint density at radius 1 is 1.29 bits per heavy atom. The molecule has 0 saturated heterocycles. The Morgan fingerprint density at radius 3 is 2.67 bits per heavy atom. The molecular formula is C15H17N3O3. The van der Waals surface area contributed by atoms with E-state index in [0.717, 1.165) is 30.5 Å². The minimum absolute atomic E-state index is 0.330. The summed E-state index contributed by atoms with van der Waals surface area (Å²) >= 11 is 0. The lowest BCUT2D eigenvalue weighted by molar-refractivity contribution is 0.111. The molecule has 6 nitrogen and oxygen atoms in total. The SMILES string of the molecule is COc1ccc(OC)c(-n2nnc(C=O)c2C2CCC2)c1. The predicted molar refractivity (Wildman–Crippen MR) is 76.4 cm³/mol. The summed E-state index contributed by atoms with van der Waals surface area (Å²) in [6, 6.07) is 5.48. The van der Waals surface area contributed by atoms with Crippen LogP contribution < -0.4 is 9.47 Å². The number of ether oxygens (including phenoxy) is 2. The monoisotopic (exact) mass is 287 g/mol. The minimum Gasteiger partial charge on any atom is -0.497 e. The fourth-order valence-corrected chi connectivity index (χ4v) is 2.59. The highest BCUT2D eigenvalue weighted by Crippen LogP contribution is 2.39. The van der Waals surface area contributed by atoms with Crippen molar-refractivity contribution in [1.29, 1.82) is 0 Å². The van der Waals surface area contributed by atoms with E-state index in [9.17, 15) is 4.79 Å². The van der Waals surface area contributed by atoms with Gasteiger partial charge in [-0.3, -0.25) is 4.79 Å². The minimum atomic E-state index is 0.330. The molecule has 0 N–H and O–H groups in total. The molecule has 1 aliphatic rings. The molecule has 1 saturated carbocycles. The van der Waals surface area contributed by atoms with Crippen molar-refractivity contribution in [3.63, 3.8) is 0 Å². The van der Waals surface area contributed by atoms with Crippen LogP contribution in [0.4, 0.5) is 0 Å². The number of hydrogen-bond donors (Lipinski definition) is 0. The van der Waals surface area contributed by atoms with E-state index in [1.165, 1.54) is 6.42 Å². The molecule has 0 bridgehead atoms. The van der Waals surface area contributed by atoms with E-state index in [1.807, 2.05) is 18.2 Å². The van der Waals surface area contributed by atoms with E-state index in [4.69, 9.17) is 9.47 Å². The number of carbonyl (C=O) groups excluding carboxylic acids is 1. The summed E-state index contributed by atoms with van der Waals surface area (Å²) in [5.74, 6) is 1.70. The van der Waals surface area contributed by atoms with Crippen LogP contribution >= 0.6 is 0 Å². The molecule has 21 heavy (non-hydrogen) atoms. The number of nitrogens with zero attached hydrogens (tertiary/aromatic N) is 3. The number of aromatic nitrogens is 3. The van der Waals surface area contributed by atoms with Crippen molar-refractivity contribution in [2.24, 2.45) is 0 Å². The third kappa shape index (κ3) is 2.26. The van der Waals surface area contributed by atoms with Crippen LogP contribution in [0.15, 0.2) is 18.2 Å². The fourth-order valence-electron chi connectivity index (χ4n) is 2.59. The molecule has 0 atom stereocenters. The molecule has 6 heteroatoms. The molecule has 0 amide bonds. The molecule has 1 fully saturated rings. The van der Waals surface area contributed by atoms with Gasteiger partial charge in [0, 0.05) is 12.0 Å². The van der Waals surface area contributed by atoms with Crippen LogP contribution in [0.2, 0.25) is 0 Å². The predicted octanol–water partition coefficient (Wildman–Crippen LogP) is 2.36. The number of benzene rings is 1. The molecule has 0 aliphatic heterocycles. The van der Waals surface area contributed by atoms with E-state index in [1.54, 1.807) is 18.9 Å². The van der Waals surface area contributed by atoms with Gasteiger partial charge >= 0.3 is 0 Å². The van der Waals surface area contributed by atoms with Crippen LogP contribution in [0.1, 0.15) is 41.4 Å². The third-order valence-electron chi connectivity index (χ3n) is 3.95. The summed E-state index contributed by atoms with van der Waals surface area (Å²) in [7, 11) is 3.21. The number of rotatable bonds is 5. The van der Waals surface area contributed by atoms with E-state index >= 15 is 0 Å². The van der Waals surface area contributed by atoms with Crippen LogP contribution in [0.5, 0.6) is 11.5 Å². The first-order valence-corrected chi connectivity index (χ1v) is 6.91. The summed E-state index contributed by atoms with van der Waals surface area (Å²) in [4.78, 5) is 11.2. The smallest absolute Gasteiger partial charge is 0.172 e. The summed E-state index contributed by atoms with van der Waals surface area (Å²) < 4.78 is 12.4. The van der Waals surface area contributed by atoms with Gasteiger partial charge in [-0.1, -0.05) is 11.6 Å². The summed E-state index contributed by atoms with van der Waals surface area (Å²) in [5, 5.41) is 8.14. The highest BCUT2D eigenvalue weighted by atomic mass is 16.5. The molecule has 1 aromatic carbocycles. The van der Waals surface area contributed by atoms with Crippen molar-refractivity contribution in [1.82, 2.24) is 15.0 Å². The van der Waals surface area contributed by atoms with Crippen molar-refractivity contribution in [3.05, 3.63) is 29.6 Å². The highest BCUT2D eigenvalue weighted by Gasteiger charge is 2.29.